The van der Waals surface area contributed by atoms with Crippen LogP contribution in [0.3, 0.4) is 0 Å². The van der Waals surface area contributed by atoms with Gasteiger partial charge in [0.05, 0.1) is 9.40 Å². The van der Waals surface area contributed by atoms with E-state index in [2.05, 4.69) is 69.0 Å². The van der Waals surface area contributed by atoms with Crippen LogP contribution in [0.5, 0.6) is 0 Å². The van der Waals surface area contributed by atoms with Gasteiger partial charge in [-0.15, -0.1) is 10.2 Å². The molecule has 4 heterocycles. The molecule has 8 heteroatoms. The number of fused-ring (bicyclic) bond motifs is 2. The molecule has 0 N–H and O–H groups in total. The van der Waals surface area contributed by atoms with Crippen LogP contribution in [0.2, 0.25) is 0 Å². The van der Waals surface area contributed by atoms with Gasteiger partial charge < -0.3 is 0 Å². The van der Waals surface area contributed by atoms with E-state index in [0.717, 1.165) is 39.1 Å². The summed E-state index contributed by atoms with van der Waals surface area (Å²) in [6, 6.07) is 4.24. The summed E-state index contributed by atoms with van der Waals surface area (Å²) in [7, 11) is 0. The van der Waals surface area contributed by atoms with Crippen molar-refractivity contribution < 1.29 is 0 Å². The highest BCUT2D eigenvalue weighted by molar-refractivity contribution is 7.13. The molecule has 0 bridgehead atoms. The van der Waals surface area contributed by atoms with Crippen LogP contribution < -0.4 is 0 Å². The van der Waals surface area contributed by atoms with Gasteiger partial charge in [0.15, 0.2) is 5.65 Å². The minimum atomic E-state index is -0.0430. The predicted molar refractivity (Wildman–Crippen MR) is 106 cm³/mol. The second kappa shape index (κ2) is 6.28. The highest BCUT2D eigenvalue weighted by Gasteiger charge is 2.29. The summed E-state index contributed by atoms with van der Waals surface area (Å²) in [5.74, 6) is 0. The summed E-state index contributed by atoms with van der Waals surface area (Å²) in [4.78, 5) is 9.11. The molecule has 0 amide bonds. The van der Waals surface area contributed by atoms with E-state index >= 15 is 0 Å². The van der Waals surface area contributed by atoms with Gasteiger partial charge in [0.1, 0.15) is 5.52 Å². The van der Waals surface area contributed by atoms with Gasteiger partial charge in [-0.2, -0.15) is 0 Å². The molecule has 26 heavy (non-hydrogen) atoms. The number of hydrogen-bond acceptors (Lipinski definition) is 8. The highest BCUT2D eigenvalue weighted by Crippen LogP contribution is 2.36. The molecule has 4 rings (SSSR count). The molecule has 0 atom stereocenters. The Labute approximate surface area is 160 Å². The number of rotatable bonds is 5. The maximum Gasteiger partial charge on any atom is 0.194 e. The Kier molecular flexibility index (Phi) is 4.19. The van der Waals surface area contributed by atoms with E-state index in [9.17, 15) is 0 Å². The fourth-order valence-electron chi connectivity index (χ4n) is 3.01. The fraction of sp³-hybridized carbons (Fsp3) is 0.444. The standard InChI is InChI=1S/C18H20N6S2/c1-17(2,11-7-13-16(20-9-11)22-24-25-13)5-6-18(3,4)15-8-12-14(10-19-15)26-23-21-12/h7-10H,5-6H2,1-4H3. The molecule has 0 radical (unpaired) electrons. The first kappa shape index (κ1) is 17.4. The Balaban J connectivity index is 1.55. The van der Waals surface area contributed by atoms with Crippen molar-refractivity contribution in [3.8, 4) is 0 Å². The molecule has 134 valence electrons. The van der Waals surface area contributed by atoms with Gasteiger partial charge in [0.25, 0.3) is 0 Å². The number of pyridine rings is 2. The van der Waals surface area contributed by atoms with E-state index in [0.29, 0.717) is 0 Å². The summed E-state index contributed by atoms with van der Waals surface area (Å²) in [6.07, 6.45) is 5.85. The van der Waals surface area contributed by atoms with Crippen molar-refractivity contribution in [2.45, 2.75) is 51.4 Å². The Morgan fingerprint density at radius 3 is 2.38 bits per heavy atom. The van der Waals surface area contributed by atoms with Gasteiger partial charge in [-0.05, 0) is 59.0 Å². The molecule has 6 nitrogen and oxygen atoms in total. The summed E-state index contributed by atoms with van der Waals surface area (Å²) >= 11 is 2.78. The largest absolute Gasteiger partial charge is 0.259 e. The second-order valence-corrected chi connectivity index (χ2v) is 9.47. The first-order valence-corrected chi connectivity index (χ1v) is 10.1. The molecular weight excluding hydrogens is 364 g/mol. The van der Waals surface area contributed by atoms with Crippen LogP contribution in [0.4, 0.5) is 0 Å². The van der Waals surface area contributed by atoms with Crippen LogP contribution in [0.25, 0.3) is 20.6 Å². The third-order valence-electron chi connectivity index (χ3n) is 5.09. The van der Waals surface area contributed by atoms with E-state index in [1.165, 1.54) is 28.6 Å². The van der Waals surface area contributed by atoms with Gasteiger partial charge in [0, 0.05) is 23.5 Å². The molecule has 0 spiro atoms. The van der Waals surface area contributed by atoms with Crippen LogP contribution in [-0.2, 0) is 10.8 Å². The van der Waals surface area contributed by atoms with Crippen molar-refractivity contribution in [1.82, 2.24) is 29.1 Å². The second-order valence-electron chi connectivity index (χ2n) is 7.90. The smallest absolute Gasteiger partial charge is 0.194 e. The first-order chi connectivity index (χ1) is 12.4. The Morgan fingerprint density at radius 2 is 1.54 bits per heavy atom. The zero-order valence-electron chi connectivity index (χ0n) is 15.2. The Bertz CT molecular complexity index is 980. The SMILES string of the molecule is CC(C)(CCC(C)(C)c1cc2nnsc2cn1)c1cnc2nnsc2c1. The quantitative estimate of drug-likeness (QED) is 0.503. The topological polar surface area (TPSA) is 77.3 Å². The van der Waals surface area contributed by atoms with Crippen LogP contribution in [0.1, 0.15) is 51.8 Å². The molecule has 0 saturated carbocycles. The third-order valence-corrected chi connectivity index (χ3v) is 6.43. The van der Waals surface area contributed by atoms with Crippen molar-refractivity contribution in [3.63, 3.8) is 0 Å². The molecule has 4 aromatic rings. The monoisotopic (exact) mass is 384 g/mol. The third kappa shape index (κ3) is 3.19. The average Bonchev–Trinajstić information content (AvgIpc) is 3.27. The van der Waals surface area contributed by atoms with Gasteiger partial charge in [-0.1, -0.05) is 36.7 Å². The lowest BCUT2D eigenvalue weighted by atomic mass is 9.74. The van der Waals surface area contributed by atoms with Gasteiger partial charge in [-0.25, -0.2) is 4.98 Å². The van der Waals surface area contributed by atoms with Crippen molar-refractivity contribution >= 4 is 43.6 Å². The van der Waals surface area contributed by atoms with Crippen molar-refractivity contribution in [2.24, 2.45) is 0 Å². The molecule has 0 unspecified atom stereocenters. The van der Waals surface area contributed by atoms with Gasteiger partial charge in [0.2, 0.25) is 0 Å². The summed E-state index contributed by atoms with van der Waals surface area (Å²) in [5.41, 5.74) is 3.91. The Hall–Kier alpha value is -2.06. The van der Waals surface area contributed by atoms with E-state index in [1.54, 1.807) is 0 Å². The average molecular weight is 385 g/mol. The van der Waals surface area contributed by atoms with Crippen molar-refractivity contribution in [2.75, 3.05) is 0 Å². The lowest BCUT2D eigenvalue weighted by Crippen LogP contribution is -2.25. The summed E-state index contributed by atoms with van der Waals surface area (Å²) < 4.78 is 10.1. The van der Waals surface area contributed by atoms with Crippen LogP contribution >= 0.6 is 23.1 Å². The van der Waals surface area contributed by atoms with Gasteiger partial charge >= 0.3 is 0 Å². The highest BCUT2D eigenvalue weighted by atomic mass is 32.1. The summed E-state index contributed by atoms with van der Waals surface area (Å²) in [5, 5.41) is 8.21. The minimum absolute atomic E-state index is 0.00867. The first-order valence-electron chi connectivity index (χ1n) is 8.52. The van der Waals surface area contributed by atoms with Crippen molar-refractivity contribution in [1.29, 1.82) is 0 Å². The normalized spacial score (nSPS) is 12.9. The molecule has 0 fully saturated rings. The van der Waals surface area contributed by atoms with Crippen molar-refractivity contribution in [3.05, 3.63) is 35.8 Å². The predicted octanol–water partition coefficient (Wildman–Crippen LogP) is 4.52. The molecule has 0 aliphatic heterocycles. The van der Waals surface area contributed by atoms with E-state index in [1.807, 2.05) is 12.4 Å². The molecule has 4 aromatic heterocycles. The number of aromatic nitrogens is 6. The Morgan fingerprint density at radius 1 is 0.808 bits per heavy atom. The minimum Gasteiger partial charge on any atom is -0.259 e. The fourth-order valence-corrected chi connectivity index (χ4v) is 4.08. The van der Waals surface area contributed by atoms with Crippen LogP contribution in [-0.4, -0.2) is 29.1 Å². The lowest BCUT2D eigenvalue weighted by molar-refractivity contribution is 0.369. The maximum absolute atomic E-state index is 4.66. The summed E-state index contributed by atoms with van der Waals surface area (Å²) in [6.45, 7) is 9.01. The van der Waals surface area contributed by atoms with E-state index in [4.69, 9.17) is 0 Å². The number of nitrogens with zero attached hydrogens (tertiary/aromatic N) is 6. The molecule has 0 aliphatic rings. The maximum atomic E-state index is 4.66. The lowest BCUT2D eigenvalue weighted by Gasteiger charge is -2.31. The van der Waals surface area contributed by atoms with E-state index in [-0.39, 0.29) is 10.8 Å². The van der Waals surface area contributed by atoms with Crippen LogP contribution in [0.15, 0.2) is 24.5 Å². The van der Waals surface area contributed by atoms with Crippen LogP contribution in [0, 0.1) is 0 Å². The molecule has 0 aromatic carbocycles. The van der Waals surface area contributed by atoms with E-state index < -0.39 is 0 Å². The molecule has 0 aliphatic carbocycles. The van der Waals surface area contributed by atoms with Gasteiger partial charge in [-0.3, -0.25) is 4.98 Å². The zero-order valence-corrected chi connectivity index (χ0v) is 16.9. The number of hydrogen-bond donors (Lipinski definition) is 0. The molecular formula is C18H20N6S2. The zero-order chi connectivity index (χ0) is 18.4. The molecule has 0 saturated heterocycles.